The summed E-state index contributed by atoms with van der Waals surface area (Å²) in [6.07, 6.45) is 5.65. The van der Waals surface area contributed by atoms with E-state index in [1.54, 1.807) is 22.7 Å². The number of benzene rings is 2. The Bertz CT molecular complexity index is 1260. The lowest BCUT2D eigenvalue weighted by atomic mass is 10.1. The molecule has 0 atom stereocenters. The van der Waals surface area contributed by atoms with Crippen molar-refractivity contribution in [3.05, 3.63) is 94.7 Å². The summed E-state index contributed by atoms with van der Waals surface area (Å²) in [7, 11) is 3.39. The van der Waals surface area contributed by atoms with Crippen LogP contribution in [0.3, 0.4) is 0 Å². The Morgan fingerprint density at radius 3 is 2.55 bits per heavy atom. The maximum absolute atomic E-state index is 13.3. The molecule has 0 unspecified atom stereocenters. The van der Waals surface area contributed by atoms with Crippen molar-refractivity contribution in [2.45, 2.75) is 4.90 Å². The highest BCUT2D eigenvalue weighted by atomic mass is 32.2. The number of thioether (sulfide) groups is 1. The number of amides is 1. The first kappa shape index (κ1) is 17.8. The van der Waals surface area contributed by atoms with Crippen LogP contribution in [0.25, 0.3) is 0 Å². The highest BCUT2D eigenvalue weighted by Crippen LogP contribution is 2.45. The van der Waals surface area contributed by atoms with Crippen LogP contribution in [-0.2, 0) is 4.79 Å². The first-order valence-corrected chi connectivity index (χ1v) is 10.7. The molecular weight excluding hydrogens is 398 g/mol. The maximum atomic E-state index is 13.3. The molecular formula is C23H15N3OS2. The van der Waals surface area contributed by atoms with Gasteiger partial charge in [0.25, 0.3) is 5.91 Å². The number of para-hydroxylation sites is 1. The summed E-state index contributed by atoms with van der Waals surface area (Å²) in [5, 5.41) is 10.6. The Labute approximate surface area is 176 Å². The van der Waals surface area contributed by atoms with Gasteiger partial charge in [0.05, 0.1) is 22.0 Å². The molecule has 0 aromatic heterocycles. The fourth-order valence-corrected chi connectivity index (χ4v) is 5.67. The summed E-state index contributed by atoms with van der Waals surface area (Å²) in [6, 6.07) is 20.1. The molecule has 0 N–H and O–H groups in total. The molecule has 0 radical (unpaired) electrons. The molecule has 0 bridgehead atoms. The van der Waals surface area contributed by atoms with E-state index in [2.05, 4.69) is 23.1 Å². The maximum Gasteiger partial charge on any atom is 0.274 e. The molecule has 1 amide bonds. The zero-order chi connectivity index (χ0) is 20.0. The van der Waals surface area contributed by atoms with E-state index < -0.39 is 0 Å². The van der Waals surface area contributed by atoms with E-state index >= 15 is 0 Å². The quantitative estimate of drug-likeness (QED) is 0.687. The van der Waals surface area contributed by atoms with Crippen LogP contribution in [0.4, 0.5) is 5.69 Å². The summed E-state index contributed by atoms with van der Waals surface area (Å²) >= 11 is 1.68. The molecule has 140 valence electrons. The lowest BCUT2D eigenvalue weighted by molar-refractivity contribution is -0.118. The Kier molecular flexibility index (Phi) is 4.27. The zero-order valence-corrected chi connectivity index (χ0v) is 17.1. The average molecular weight is 414 g/mol. The monoisotopic (exact) mass is 413 g/mol. The molecule has 2 aromatic carbocycles. The van der Waals surface area contributed by atoms with Gasteiger partial charge in [-0.05, 0) is 35.9 Å². The lowest BCUT2D eigenvalue weighted by Crippen LogP contribution is -2.37. The molecule has 5 rings (SSSR count). The largest absolute Gasteiger partial charge is 0.338 e. The molecule has 0 saturated carbocycles. The van der Waals surface area contributed by atoms with Crippen molar-refractivity contribution in [2.24, 2.45) is 0 Å². The van der Waals surface area contributed by atoms with Crippen molar-refractivity contribution in [2.75, 3.05) is 11.9 Å². The number of nitriles is 1. The van der Waals surface area contributed by atoms with Gasteiger partial charge in [-0.15, -0.1) is 10.9 Å². The molecule has 4 nitrogen and oxygen atoms in total. The number of carbonyl (C=O) groups excluding carboxylic acids is 1. The van der Waals surface area contributed by atoms with Gasteiger partial charge in [0.15, 0.2) is 0 Å². The van der Waals surface area contributed by atoms with Gasteiger partial charge in [0, 0.05) is 11.9 Å². The van der Waals surface area contributed by atoms with E-state index in [0.29, 0.717) is 15.4 Å². The second-order valence-electron chi connectivity index (χ2n) is 6.64. The topological polar surface area (TPSA) is 47.3 Å². The van der Waals surface area contributed by atoms with Crippen LogP contribution in [0.5, 0.6) is 0 Å². The van der Waals surface area contributed by atoms with E-state index in [4.69, 9.17) is 0 Å². The summed E-state index contributed by atoms with van der Waals surface area (Å²) < 4.78 is 0. The van der Waals surface area contributed by atoms with E-state index in [1.165, 1.54) is 15.8 Å². The third-order valence-corrected chi connectivity index (χ3v) is 7.28. The van der Waals surface area contributed by atoms with Gasteiger partial charge in [-0.1, -0.05) is 54.2 Å². The molecule has 3 heterocycles. The van der Waals surface area contributed by atoms with Gasteiger partial charge in [-0.3, -0.25) is 9.69 Å². The van der Waals surface area contributed by atoms with Crippen molar-refractivity contribution in [1.29, 1.82) is 5.26 Å². The summed E-state index contributed by atoms with van der Waals surface area (Å²) in [6.45, 7) is 0. The van der Waals surface area contributed by atoms with E-state index in [9.17, 15) is 10.1 Å². The number of allylic oxidation sites excluding steroid dienone is 3. The van der Waals surface area contributed by atoms with Crippen LogP contribution in [0, 0.1) is 11.3 Å². The summed E-state index contributed by atoms with van der Waals surface area (Å²) in [5.41, 5.74) is 3.29. The molecule has 0 aliphatic carbocycles. The van der Waals surface area contributed by atoms with Gasteiger partial charge < -0.3 is 4.90 Å². The van der Waals surface area contributed by atoms with Gasteiger partial charge in [-0.25, -0.2) is 0 Å². The Hall–Kier alpha value is -3.27. The molecule has 0 spiro atoms. The fraction of sp³-hybridized carbons (Fsp3) is 0.0435. The van der Waals surface area contributed by atoms with Crippen LogP contribution >= 0.6 is 22.7 Å². The number of hydrogen-bond donors (Lipinski definition) is 0. The lowest BCUT2D eigenvalue weighted by Gasteiger charge is -2.25. The first-order chi connectivity index (χ1) is 14.2. The SMILES string of the molecule is CN1/C(=C\C2=CC=C(C#N)C3=S=C(c4ccccc4)C(=O)N23)Sc2ccccc21. The molecule has 3 aliphatic rings. The minimum atomic E-state index is -0.0942. The van der Waals surface area contributed by atoms with E-state index in [0.717, 1.165) is 22.0 Å². The number of carbonyl (C=O) groups is 1. The summed E-state index contributed by atoms with van der Waals surface area (Å²) in [4.78, 5) is 19.6. The molecule has 6 heteroatoms. The second kappa shape index (κ2) is 6.96. The number of anilines is 1. The third kappa shape index (κ3) is 2.87. The molecule has 29 heavy (non-hydrogen) atoms. The van der Waals surface area contributed by atoms with Gasteiger partial charge in [0.1, 0.15) is 15.9 Å². The van der Waals surface area contributed by atoms with Crippen molar-refractivity contribution in [3.8, 4) is 6.07 Å². The van der Waals surface area contributed by atoms with Crippen molar-refractivity contribution in [1.82, 2.24) is 4.90 Å². The van der Waals surface area contributed by atoms with Crippen molar-refractivity contribution in [3.63, 3.8) is 0 Å². The van der Waals surface area contributed by atoms with Gasteiger partial charge >= 0.3 is 0 Å². The van der Waals surface area contributed by atoms with Crippen LogP contribution in [0.15, 0.2) is 94.0 Å². The van der Waals surface area contributed by atoms with Gasteiger partial charge in [0.2, 0.25) is 0 Å². The Morgan fingerprint density at radius 1 is 1.03 bits per heavy atom. The first-order valence-electron chi connectivity index (χ1n) is 9.04. The molecule has 2 aromatic rings. The van der Waals surface area contributed by atoms with Crippen LogP contribution < -0.4 is 4.90 Å². The molecule has 0 fully saturated rings. The summed E-state index contributed by atoms with van der Waals surface area (Å²) in [5.74, 6) is -0.0942. The number of fused-ring (bicyclic) bond motifs is 2. The smallest absolute Gasteiger partial charge is 0.274 e. The van der Waals surface area contributed by atoms with Crippen LogP contribution in [0.1, 0.15) is 5.56 Å². The number of nitrogens with zero attached hydrogens (tertiary/aromatic N) is 3. The fourth-order valence-electron chi connectivity index (χ4n) is 3.45. The number of rotatable bonds is 2. The van der Waals surface area contributed by atoms with E-state index in [-0.39, 0.29) is 5.91 Å². The highest BCUT2D eigenvalue weighted by molar-refractivity contribution is 8.03. The van der Waals surface area contributed by atoms with Crippen LogP contribution in [0.2, 0.25) is 0 Å². The van der Waals surface area contributed by atoms with Crippen molar-refractivity contribution >= 4 is 44.1 Å². The van der Waals surface area contributed by atoms with Gasteiger partial charge in [-0.2, -0.15) is 5.26 Å². The second-order valence-corrected chi connectivity index (χ2v) is 8.70. The predicted molar refractivity (Wildman–Crippen MR) is 121 cm³/mol. The van der Waals surface area contributed by atoms with Crippen molar-refractivity contribution < 1.29 is 4.79 Å². The normalized spacial score (nSPS) is 18.9. The highest BCUT2D eigenvalue weighted by Gasteiger charge is 2.35. The third-order valence-electron chi connectivity index (χ3n) is 4.91. The average Bonchev–Trinajstić information content (AvgIpc) is 3.27. The molecule has 0 saturated heterocycles. The zero-order valence-electron chi connectivity index (χ0n) is 15.5. The Morgan fingerprint density at radius 2 is 1.79 bits per heavy atom. The minimum absolute atomic E-state index is 0.0942. The Balaban J connectivity index is 1.56. The standard InChI is InChI=1S/C23H15N3OS2/c1-25-18-9-5-6-10-19(18)28-20(25)13-17-12-11-16(14-24)23-26(17)22(27)21(29-23)15-7-3-2-4-8-15/h2-13H,1H3/b20-13+. The number of hydrogen-bond acceptors (Lipinski definition) is 4. The van der Waals surface area contributed by atoms with E-state index in [1.807, 2.05) is 61.7 Å². The molecule has 3 aliphatic heterocycles. The predicted octanol–water partition coefficient (Wildman–Crippen LogP) is 4.34. The van der Waals surface area contributed by atoms with Crippen LogP contribution in [-0.4, -0.2) is 27.7 Å². The minimum Gasteiger partial charge on any atom is -0.338 e.